The number of ketones is 1. The van der Waals surface area contributed by atoms with E-state index in [4.69, 9.17) is 4.55 Å². The van der Waals surface area contributed by atoms with E-state index in [1.807, 2.05) is 24.3 Å². The number of carbonyl (C=O) groups is 1. The third-order valence-electron chi connectivity index (χ3n) is 4.15. The number of rotatable bonds is 4. The lowest BCUT2D eigenvalue weighted by atomic mass is 10.0. The Hall–Kier alpha value is -3.41. The molecule has 0 heterocycles. The molecule has 0 saturated heterocycles. The Morgan fingerprint density at radius 2 is 1.12 bits per heavy atom. The van der Waals surface area contributed by atoms with Crippen molar-refractivity contribution in [2.24, 2.45) is 0 Å². The van der Waals surface area contributed by atoms with Crippen LogP contribution in [0.3, 0.4) is 0 Å². The standard InChI is InChI=1S/C13H9NO3.C6H5I.C6H6O3S/c15-13(10-4-2-1-3-5-10)11-6-8-12(9-7-11)14(16)17;7-6-4-2-1-3-5-6;7-10(8,9)6-4-2-1-3-5-6/h1-9H;1-5H;1-5H,(H,7,8,9). The minimum Gasteiger partial charge on any atom is -0.289 e. The number of hydrogen-bond donors (Lipinski definition) is 1. The van der Waals surface area contributed by atoms with E-state index in [9.17, 15) is 23.3 Å². The molecule has 0 unspecified atom stereocenters. The normalized spacial score (nSPS) is 10.1. The molecule has 1 N–H and O–H groups in total. The quantitative estimate of drug-likeness (QED) is 0.102. The fraction of sp³-hybridized carbons (Fsp3) is 0. The number of nitrogens with zero attached hydrogens (tertiary/aromatic N) is 1. The molecule has 174 valence electrons. The van der Waals surface area contributed by atoms with E-state index in [1.54, 1.807) is 42.5 Å². The number of hydrogen-bond acceptors (Lipinski definition) is 5. The molecule has 0 atom stereocenters. The summed E-state index contributed by atoms with van der Waals surface area (Å²) in [6.07, 6.45) is 0. The van der Waals surface area contributed by atoms with Crippen LogP contribution in [-0.4, -0.2) is 23.7 Å². The molecule has 0 saturated carbocycles. The Morgan fingerprint density at radius 1 is 0.706 bits per heavy atom. The Kier molecular flexibility index (Phi) is 10.5. The highest BCUT2D eigenvalue weighted by atomic mass is 127. The summed E-state index contributed by atoms with van der Waals surface area (Å²) in [5.74, 6) is -0.138. The molecule has 0 aliphatic rings. The van der Waals surface area contributed by atoms with Gasteiger partial charge in [0.1, 0.15) is 0 Å². The second kappa shape index (κ2) is 13.3. The highest BCUT2D eigenvalue weighted by Crippen LogP contribution is 2.15. The van der Waals surface area contributed by atoms with E-state index in [1.165, 1.54) is 40.0 Å². The highest BCUT2D eigenvalue weighted by molar-refractivity contribution is 14.1. The van der Waals surface area contributed by atoms with Crippen LogP contribution in [0.25, 0.3) is 0 Å². The lowest BCUT2D eigenvalue weighted by Gasteiger charge is -2.00. The van der Waals surface area contributed by atoms with Crippen LogP contribution in [0, 0.1) is 13.7 Å². The molecule has 0 aliphatic heterocycles. The number of halogens is 1. The van der Waals surface area contributed by atoms with Crippen LogP contribution < -0.4 is 0 Å². The molecule has 4 rings (SSSR count). The van der Waals surface area contributed by atoms with Crippen molar-refractivity contribution in [2.45, 2.75) is 4.90 Å². The zero-order valence-corrected chi connectivity index (χ0v) is 20.7. The number of nitro benzene ring substituents is 1. The molecule has 9 heteroatoms. The van der Waals surface area contributed by atoms with Gasteiger partial charge in [-0.3, -0.25) is 19.5 Å². The molecule has 0 radical (unpaired) electrons. The number of non-ortho nitro benzene ring substituents is 1. The predicted molar refractivity (Wildman–Crippen MR) is 138 cm³/mol. The van der Waals surface area contributed by atoms with Crippen molar-refractivity contribution >= 4 is 44.2 Å². The second-order valence-electron chi connectivity index (χ2n) is 6.58. The zero-order chi connectivity index (χ0) is 25.0. The summed E-state index contributed by atoms with van der Waals surface area (Å²) in [6.45, 7) is 0. The van der Waals surface area contributed by atoms with Gasteiger partial charge in [0, 0.05) is 26.8 Å². The van der Waals surface area contributed by atoms with Crippen molar-refractivity contribution in [3.8, 4) is 0 Å². The number of nitro groups is 1. The van der Waals surface area contributed by atoms with Crippen LogP contribution in [0.5, 0.6) is 0 Å². The van der Waals surface area contributed by atoms with Gasteiger partial charge >= 0.3 is 0 Å². The van der Waals surface area contributed by atoms with Crippen LogP contribution in [0.15, 0.2) is 120 Å². The molecule has 4 aromatic carbocycles. The van der Waals surface area contributed by atoms with Crippen LogP contribution in [0.2, 0.25) is 0 Å². The Balaban J connectivity index is 0.000000202. The maximum absolute atomic E-state index is 12.0. The molecule has 0 amide bonds. The fourth-order valence-corrected chi connectivity index (χ4v) is 3.41. The van der Waals surface area contributed by atoms with Crippen molar-refractivity contribution < 1.29 is 22.7 Å². The number of benzene rings is 4. The van der Waals surface area contributed by atoms with Crippen molar-refractivity contribution in [3.05, 3.63) is 140 Å². The first-order valence-corrected chi connectivity index (χ1v) is 12.3. The van der Waals surface area contributed by atoms with E-state index in [-0.39, 0.29) is 16.4 Å². The summed E-state index contributed by atoms with van der Waals surface area (Å²) in [6, 6.07) is 32.0. The maximum Gasteiger partial charge on any atom is 0.294 e. The van der Waals surface area contributed by atoms with Crippen molar-refractivity contribution in [1.29, 1.82) is 0 Å². The van der Waals surface area contributed by atoms with Gasteiger partial charge in [-0.15, -0.1) is 0 Å². The Labute approximate surface area is 211 Å². The number of carbonyl (C=O) groups excluding carboxylic acids is 1. The molecule has 4 aromatic rings. The van der Waals surface area contributed by atoms with Gasteiger partial charge in [0.2, 0.25) is 0 Å². The predicted octanol–water partition coefficient (Wildman–Crippen LogP) is 6.05. The summed E-state index contributed by atoms with van der Waals surface area (Å²) in [4.78, 5) is 21.9. The molecular formula is C25H20INO6S. The molecular weight excluding hydrogens is 569 g/mol. The average molecular weight is 589 g/mol. The van der Waals surface area contributed by atoms with Crippen molar-refractivity contribution in [1.82, 2.24) is 0 Å². The fourth-order valence-electron chi connectivity index (χ4n) is 2.50. The Bertz CT molecular complexity index is 1300. The van der Waals surface area contributed by atoms with Crippen LogP contribution in [-0.2, 0) is 10.1 Å². The lowest BCUT2D eigenvalue weighted by Crippen LogP contribution is -2.00. The monoisotopic (exact) mass is 589 g/mol. The maximum atomic E-state index is 12.0. The minimum absolute atomic E-state index is 0.0189. The average Bonchev–Trinajstić information content (AvgIpc) is 2.85. The van der Waals surface area contributed by atoms with Gasteiger partial charge in [-0.1, -0.05) is 66.7 Å². The molecule has 34 heavy (non-hydrogen) atoms. The molecule has 0 bridgehead atoms. The molecule has 0 aromatic heterocycles. The molecule has 0 spiro atoms. The van der Waals surface area contributed by atoms with Gasteiger partial charge in [-0.2, -0.15) is 8.42 Å². The van der Waals surface area contributed by atoms with Gasteiger partial charge in [-0.05, 0) is 59.0 Å². The third kappa shape index (κ3) is 9.22. The van der Waals surface area contributed by atoms with Gasteiger partial charge in [0.25, 0.3) is 15.8 Å². The summed E-state index contributed by atoms with van der Waals surface area (Å²) in [5.41, 5.74) is 0.998. The van der Waals surface area contributed by atoms with E-state index < -0.39 is 15.0 Å². The SMILES string of the molecule is Ic1ccccc1.O=C(c1ccccc1)c1ccc([N+](=O)[O-])cc1.O=S(=O)(O)c1ccccc1. The largest absolute Gasteiger partial charge is 0.294 e. The Morgan fingerprint density at radius 3 is 1.47 bits per heavy atom. The van der Waals surface area contributed by atoms with Gasteiger partial charge < -0.3 is 0 Å². The smallest absolute Gasteiger partial charge is 0.289 e. The molecule has 0 fully saturated rings. The summed E-state index contributed by atoms with van der Waals surface area (Å²) < 4.78 is 30.5. The third-order valence-corrected chi connectivity index (χ3v) is 5.74. The van der Waals surface area contributed by atoms with Crippen LogP contribution in [0.4, 0.5) is 5.69 Å². The second-order valence-corrected chi connectivity index (χ2v) is 9.25. The van der Waals surface area contributed by atoms with Crippen LogP contribution >= 0.6 is 22.6 Å². The zero-order valence-electron chi connectivity index (χ0n) is 17.7. The van der Waals surface area contributed by atoms with E-state index in [2.05, 4.69) is 34.7 Å². The molecule has 7 nitrogen and oxygen atoms in total. The van der Waals surface area contributed by atoms with E-state index in [0.29, 0.717) is 11.1 Å². The topological polar surface area (TPSA) is 115 Å². The van der Waals surface area contributed by atoms with Gasteiger partial charge in [0.15, 0.2) is 5.78 Å². The molecule has 0 aliphatic carbocycles. The van der Waals surface area contributed by atoms with Crippen molar-refractivity contribution in [2.75, 3.05) is 0 Å². The summed E-state index contributed by atoms with van der Waals surface area (Å²) >= 11 is 2.28. The van der Waals surface area contributed by atoms with E-state index in [0.717, 1.165) is 0 Å². The minimum atomic E-state index is -4.00. The highest BCUT2D eigenvalue weighted by Gasteiger charge is 2.10. The van der Waals surface area contributed by atoms with E-state index >= 15 is 0 Å². The lowest BCUT2D eigenvalue weighted by molar-refractivity contribution is -0.384. The first kappa shape index (κ1) is 26.8. The summed E-state index contributed by atoms with van der Waals surface area (Å²) in [5, 5.41) is 10.5. The summed E-state index contributed by atoms with van der Waals surface area (Å²) in [7, 11) is -4.00. The van der Waals surface area contributed by atoms with Gasteiger partial charge in [0.05, 0.1) is 9.82 Å². The van der Waals surface area contributed by atoms with Crippen LogP contribution in [0.1, 0.15) is 15.9 Å². The van der Waals surface area contributed by atoms with Gasteiger partial charge in [-0.25, -0.2) is 0 Å². The van der Waals surface area contributed by atoms with Crippen molar-refractivity contribution in [3.63, 3.8) is 0 Å². The first-order chi connectivity index (χ1) is 16.2. The first-order valence-electron chi connectivity index (χ1n) is 9.76.